The lowest BCUT2D eigenvalue weighted by atomic mass is 10.4. The fraction of sp³-hybridized carbons (Fsp3) is 0.182. The van der Waals surface area contributed by atoms with Crippen molar-refractivity contribution in [2.24, 2.45) is 0 Å². The third kappa shape index (κ3) is 2.57. The summed E-state index contributed by atoms with van der Waals surface area (Å²) in [6.07, 6.45) is 1.52. The summed E-state index contributed by atoms with van der Waals surface area (Å²) in [5, 5.41) is 15.0. The Morgan fingerprint density at radius 2 is 2.33 bits per heavy atom. The number of anilines is 1. The number of carbonyl (C=O) groups is 2. The first-order chi connectivity index (χ1) is 8.56. The Hall–Kier alpha value is -2.57. The van der Waals surface area contributed by atoms with Crippen LogP contribution in [0.2, 0.25) is 0 Å². The van der Waals surface area contributed by atoms with E-state index in [-0.39, 0.29) is 24.0 Å². The number of amides is 1. The second-order valence-electron chi connectivity index (χ2n) is 3.71. The Morgan fingerprint density at radius 1 is 1.56 bits per heavy atom. The number of carboxylic acid groups (broad SMARTS) is 1. The first kappa shape index (κ1) is 11.9. The minimum Gasteiger partial charge on any atom is -0.477 e. The zero-order valence-electron chi connectivity index (χ0n) is 9.58. The van der Waals surface area contributed by atoms with E-state index in [1.807, 2.05) is 0 Å². The highest BCUT2D eigenvalue weighted by Crippen LogP contribution is 2.09. The summed E-state index contributed by atoms with van der Waals surface area (Å²) in [5.41, 5.74) is 0.705. The number of hydrogen-bond acceptors (Lipinski definition) is 4. The summed E-state index contributed by atoms with van der Waals surface area (Å²) in [6.45, 7) is 1.63. The Labute approximate surface area is 102 Å². The molecule has 2 rings (SSSR count). The Bertz CT molecular complexity index is 585. The van der Waals surface area contributed by atoms with E-state index in [2.05, 4.69) is 10.5 Å². The molecule has 0 aliphatic rings. The molecule has 0 aliphatic carbocycles. The molecule has 1 amide bonds. The largest absolute Gasteiger partial charge is 0.477 e. The zero-order valence-corrected chi connectivity index (χ0v) is 9.58. The summed E-state index contributed by atoms with van der Waals surface area (Å²) in [7, 11) is 0. The van der Waals surface area contributed by atoms with E-state index < -0.39 is 5.97 Å². The van der Waals surface area contributed by atoms with Crippen LogP contribution in [-0.2, 0) is 11.3 Å². The first-order valence-corrected chi connectivity index (χ1v) is 5.18. The van der Waals surface area contributed by atoms with Gasteiger partial charge >= 0.3 is 5.97 Å². The van der Waals surface area contributed by atoms with E-state index in [0.29, 0.717) is 5.69 Å². The molecule has 18 heavy (non-hydrogen) atoms. The van der Waals surface area contributed by atoms with Crippen LogP contribution in [0.3, 0.4) is 0 Å². The summed E-state index contributed by atoms with van der Waals surface area (Å²) in [6, 6.07) is 4.56. The molecule has 0 aliphatic heterocycles. The van der Waals surface area contributed by atoms with Crippen LogP contribution in [0.1, 0.15) is 16.2 Å². The molecule has 0 fully saturated rings. The topological polar surface area (TPSA) is 97.4 Å². The lowest BCUT2D eigenvalue weighted by Gasteiger charge is -2.05. The fourth-order valence-electron chi connectivity index (χ4n) is 1.50. The Morgan fingerprint density at radius 3 is 2.94 bits per heavy atom. The molecule has 2 aromatic rings. The molecule has 0 unspecified atom stereocenters. The van der Waals surface area contributed by atoms with Crippen molar-refractivity contribution in [2.45, 2.75) is 13.5 Å². The van der Waals surface area contributed by atoms with E-state index in [1.165, 1.54) is 16.8 Å². The van der Waals surface area contributed by atoms with Crippen LogP contribution in [0.4, 0.5) is 5.88 Å². The number of aromatic nitrogens is 2. The molecule has 0 saturated heterocycles. The molecule has 2 N–H and O–H groups in total. The van der Waals surface area contributed by atoms with Crippen molar-refractivity contribution in [3.8, 4) is 0 Å². The van der Waals surface area contributed by atoms with Crippen LogP contribution < -0.4 is 5.32 Å². The maximum atomic E-state index is 11.7. The number of hydrogen-bond donors (Lipinski definition) is 2. The molecule has 94 valence electrons. The first-order valence-electron chi connectivity index (χ1n) is 5.18. The maximum absolute atomic E-state index is 11.7. The molecule has 0 atom stereocenters. The van der Waals surface area contributed by atoms with Gasteiger partial charge in [0.05, 0.1) is 5.69 Å². The molecular formula is C11H11N3O4. The molecule has 2 heterocycles. The predicted molar refractivity (Wildman–Crippen MR) is 61.3 cm³/mol. The fourth-order valence-corrected chi connectivity index (χ4v) is 1.50. The van der Waals surface area contributed by atoms with Gasteiger partial charge in [-0.05, 0) is 19.1 Å². The molecule has 0 bridgehead atoms. The maximum Gasteiger partial charge on any atom is 0.352 e. The molecule has 0 saturated carbocycles. The van der Waals surface area contributed by atoms with E-state index >= 15 is 0 Å². The quantitative estimate of drug-likeness (QED) is 0.846. The van der Waals surface area contributed by atoms with Crippen molar-refractivity contribution in [3.63, 3.8) is 0 Å². The normalized spacial score (nSPS) is 10.3. The average molecular weight is 249 g/mol. The third-order valence-corrected chi connectivity index (χ3v) is 2.25. The van der Waals surface area contributed by atoms with Crippen LogP contribution in [0.15, 0.2) is 28.9 Å². The molecule has 0 aromatic carbocycles. The molecule has 7 heteroatoms. The van der Waals surface area contributed by atoms with Crippen molar-refractivity contribution < 1.29 is 19.2 Å². The summed E-state index contributed by atoms with van der Waals surface area (Å²) < 4.78 is 6.16. The minimum atomic E-state index is -1.08. The summed E-state index contributed by atoms with van der Waals surface area (Å²) in [5.74, 6) is -1.23. The van der Waals surface area contributed by atoms with Gasteiger partial charge in [0.25, 0.3) is 0 Å². The number of nitrogens with one attached hydrogen (secondary N) is 1. The molecule has 0 spiro atoms. The van der Waals surface area contributed by atoms with E-state index in [0.717, 1.165) is 0 Å². The van der Waals surface area contributed by atoms with Crippen molar-refractivity contribution in [2.75, 3.05) is 5.32 Å². The van der Waals surface area contributed by atoms with Gasteiger partial charge < -0.3 is 14.2 Å². The number of aromatic carboxylic acids is 1. The van der Waals surface area contributed by atoms with Gasteiger partial charge in [0.2, 0.25) is 11.8 Å². The van der Waals surface area contributed by atoms with Gasteiger partial charge in [0.1, 0.15) is 12.2 Å². The van der Waals surface area contributed by atoms with E-state index in [1.54, 1.807) is 19.1 Å². The van der Waals surface area contributed by atoms with Gasteiger partial charge in [-0.1, -0.05) is 5.16 Å². The van der Waals surface area contributed by atoms with E-state index in [4.69, 9.17) is 9.63 Å². The lowest BCUT2D eigenvalue weighted by molar-refractivity contribution is -0.116. The van der Waals surface area contributed by atoms with Crippen LogP contribution in [0.25, 0.3) is 0 Å². The molecule has 2 aromatic heterocycles. The van der Waals surface area contributed by atoms with Gasteiger partial charge in [-0.25, -0.2) is 4.79 Å². The van der Waals surface area contributed by atoms with Crippen molar-refractivity contribution in [1.82, 2.24) is 9.72 Å². The summed E-state index contributed by atoms with van der Waals surface area (Å²) >= 11 is 0. The van der Waals surface area contributed by atoms with Gasteiger partial charge in [-0.2, -0.15) is 0 Å². The third-order valence-electron chi connectivity index (χ3n) is 2.25. The highest BCUT2D eigenvalue weighted by molar-refractivity contribution is 5.91. The van der Waals surface area contributed by atoms with Gasteiger partial charge in [-0.15, -0.1) is 0 Å². The predicted octanol–water partition coefficient (Wildman–Crippen LogP) is 1.12. The second-order valence-corrected chi connectivity index (χ2v) is 3.71. The smallest absolute Gasteiger partial charge is 0.352 e. The Balaban J connectivity index is 2.03. The number of carboxylic acids is 1. The summed E-state index contributed by atoms with van der Waals surface area (Å²) in [4.78, 5) is 22.5. The van der Waals surface area contributed by atoms with Crippen molar-refractivity contribution in [1.29, 1.82) is 0 Å². The monoisotopic (exact) mass is 249 g/mol. The van der Waals surface area contributed by atoms with Crippen molar-refractivity contribution >= 4 is 17.8 Å². The molecule has 0 radical (unpaired) electrons. The standard InChI is InChI=1S/C11H11N3O4/c1-7-5-10(18-13-7)12-9(15)6-14-4-2-3-8(14)11(16)17/h2-5H,6H2,1H3,(H,12,15)(H,16,17). The average Bonchev–Trinajstić information content (AvgIpc) is 2.87. The zero-order chi connectivity index (χ0) is 13.1. The number of nitrogens with zero attached hydrogens (tertiary/aromatic N) is 2. The second kappa shape index (κ2) is 4.74. The van der Waals surface area contributed by atoms with Crippen LogP contribution in [0.5, 0.6) is 0 Å². The van der Waals surface area contributed by atoms with Crippen LogP contribution >= 0.6 is 0 Å². The highest BCUT2D eigenvalue weighted by atomic mass is 16.5. The van der Waals surface area contributed by atoms with E-state index in [9.17, 15) is 9.59 Å². The SMILES string of the molecule is Cc1cc(NC(=O)Cn2cccc2C(=O)O)on1. The number of aryl methyl sites for hydroxylation is 1. The number of rotatable bonds is 4. The molecule has 7 nitrogen and oxygen atoms in total. The van der Waals surface area contributed by atoms with Crippen LogP contribution in [0, 0.1) is 6.92 Å². The highest BCUT2D eigenvalue weighted by Gasteiger charge is 2.12. The Kier molecular flexibility index (Phi) is 3.13. The minimum absolute atomic E-state index is 0.0545. The van der Waals surface area contributed by atoms with Gasteiger partial charge in [0.15, 0.2) is 0 Å². The lowest BCUT2D eigenvalue weighted by Crippen LogP contribution is -2.20. The molecular weight excluding hydrogens is 238 g/mol. The van der Waals surface area contributed by atoms with Crippen molar-refractivity contribution in [3.05, 3.63) is 35.8 Å². The van der Waals surface area contributed by atoms with Gasteiger partial charge in [0, 0.05) is 12.3 Å². The van der Waals surface area contributed by atoms with Crippen LogP contribution in [-0.4, -0.2) is 26.7 Å². The number of carbonyl (C=O) groups excluding carboxylic acids is 1. The van der Waals surface area contributed by atoms with Gasteiger partial charge in [-0.3, -0.25) is 10.1 Å².